The standard InChI is InChI=1S/C16H12FNO3/c1-11-2-6-13(10-15(11)18(20)21)16(19)9-5-12-3-7-14(17)8-4-12/h2-10H,1H3/b9-5+. The van der Waals surface area contributed by atoms with Crippen molar-refractivity contribution in [3.8, 4) is 0 Å². The largest absolute Gasteiger partial charge is 0.289 e. The molecule has 0 aliphatic carbocycles. The van der Waals surface area contributed by atoms with Gasteiger partial charge in [0.1, 0.15) is 5.82 Å². The van der Waals surface area contributed by atoms with Gasteiger partial charge in [-0.1, -0.05) is 30.3 Å². The number of hydrogen-bond donors (Lipinski definition) is 0. The summed E-state index contributed by atoms with van der Waals surface area (Å²) in [6.07, 6.45) is 2.84. The zero-order valence-electron chi connectivity index (χ0n) is 11.2. The molecule has 0 saturated carbocycles. The fourth-order valence-corrected chi connectivity index (χ4v) is 1.80. The molecule has 2 aromatic carbocycles. The smallest absolute Gasteiger partial charge is 0.273 e. The molecule has 0 spiro atoms. The Hall–Kier alpha value is -2.82. The van der Waals surface area contributed by atoms with Crippen LogP contribution in [0.1, 0.15) is 21.5 Å². The highest BCUT2D eigenvalue weighted by atomic mass is 19.1. The van der Waals surface area contributed by atoms with Crippen LogP contribution in [0.3, 0.4) is 0 Å². The molecule has 0 aromatic heterocycles. The maximum Gasteiger partial charge on any atom is 0.273 e. The van der Waals surface area contributed by atoms with Crippen LogP contribution in [0.5, 0.6) is 0 Å². The number of hydrogen-bond acceptors (Lipinski definition) is 3. The topological polar surface area (TPSA) is 60.2 Å². The summed E-state index contributed by atoms with van der Waals surface area (Å²) in [5, 5.41) is 10.8. The average Bonchev–Trinajstić information content (AvgIpc) is 2.46. The van der Waals surface area contributed by atoms with E-state index in [-0.39, 0.29) is 22.9 Å². The maximum absolute atomic E-state index is 12.8. The first-order chi connectivity index (χ1) is 9.97. The summed E-state index contributed by atoms with van der Waals surface area (Å²) in [7, 11) is 0. The Morgan fingerprint density at radius 2 is 1.86 bits per heavy atom. The van der Waals surface area contributed by atoms with Gasteiger partial charge in [-0.2, -0.15) is 0 Å². The van der Waals surface area contributed by atoms with Crippen molar-refractivity contribution in [2.45, 2.75) is 6.92 Å². The van der Waals surface area contributed by atoms with E-state index in [0.29, 0.717) is 11.1 Å². The molecule has 0 bridgehead atoms. The number of rotatable bonds is 4. The van der Waals surface area contributed by atoms with Gasteiger partial charge in [0.2, 0.25) is 0 Å². The first-order valence-electron chi connectivity index (χ1n) is 6.20. The Morgan fingerprint density at radius 1 is 1.19 bits per heavy atom. The summed E-state index contributed by atoms with van der Waals surface area (Å²) in [5.41, 5.74) is 1.33. The van der Waals surface area contributed by atoms with E-state index >= 15 is 0 Å². The van der Waals surface area contributed by atoms with Crippen molar-refractivity contribution in [3.63, 3.8) is 0 Å². The van der Waals surface area contributed by atoms with Crippen molar-refractivity contribution < 1.29 is 14.1 Å². The van der Waals surface area contributed by atoms with Crippen LogP contribution in [0, 0.1) is 22.9 Å². The molecule has 4 nitrogen and oxygen atoms in total. The molecule has 5 heteroatoms. The van der Waals surface area contributed by atoms with Crippen LogP contribution in [0.25, 0.3) is 6.08 Å². The molecule has 0 radical (unpaired) electrons. The SMILES string of the molecule is Cc1ccc(C(=O)/C=C/c2ccc(F)cc2)cc1[N+](=O)[O-]. The van der Waals surface area contributed by atoms with Crippen LogP contribution < -0.4 is 0 Å². The molecule has 2 aromatic rings. The number of carbonyl (C=O) groups excluding carboxylic acids is 1. The van der Waals surface area contributed by atoms with Crippen molar-refractivity contribution in [1.82, 2.24) is 0 Å². The summed E-state index contributed by atoms with van der Waals surface area (Å²) >= 11 is 0. The average molecular weight is 285 g/mol. The molecule has 2 rings (SSSR count). The highest BCUT2D eigenvalue weighted by Crippen LogP contribution is 2.20. The second-order valence-electron chi connectivity index (χ2n) is 4.51. The van der Waals surface area contributed by atoms with Crippen molar-refractivity contribution in [3.05, 3.63) is 81.2 Å². The third-order valence-electron chi connectivity index (χ3n) is 2.99. The Morgan fingerprint density at radius 3 is 2.48 bits per heavy atom. The zero-order valence-corrected chi connectivity index (χ0v) is 11.2. The number of benzene rings is 2. The minimum absolute atomic E-state index is 0.0870. The van der Waals surface area contributed by atoms with E-state index in [1.165, 1.54) is 48.6 Å². The van der Waals surface area contributed by atoms with E-state index in [4.69, 9.17) is 0 Å². The van der Waals surface area contributed by atoms with Gasteiger partial charge < -0.3 is 0 Å². The number of nitro groups is 1. The lowest BCUT2D eigenvalue weighted by molar-refractivity contribution is -0.385. The molecular weight excluding hydrogens is 273 g/mol. The van der Waals surface area contributed by atoms with Crippen LogP contribution in [0.15, 0.2) is 48.5 Å². The van der Waals surface area contributed by atoms with E-state index in [2.05, 4.69) is 0 Å². The second kappa shape index (κ2) is 6.09. The third-order valence-corrected chi connectivity index (χ3v) is 2.99. The third kappa shape index (κ3) is 3.60. The Bertz CT molecular complexity index is 721. The van der Waals surface area contributed by atoms with Crippen molar-refractivity contribution in [2.24, 2.45) is 0 Å². The molecule has 0 atom stereocenters. The van der Waals surface area contributed by atoms with E-state index in [9.17, 15) is 19.3 Å². The highest BCUT2D eigenvalue weighted by Gasteiger charge is 2.13. The van der Waals surface area contributed by atoms with Crippen molar-refractivity contribution in [1.29, 1.82) is 0 Å². The van der Waals surface area contributed by atoms with Gasteiger partial charge in [0.05, 0.1) is 4.92 Å². The molecule has 0 amide bonds. The molecule has 0 fully saturated rings. The van der Waals surface area contributed by atoms with Crippen molar-refractivity contribution >= 4 is 17.5 Å². The lowest BCUT2D eigenvalue weighted by Crippen LogP contribution is -1.98. The highest BCUT2D eigenvalue weighted by molar-refractivity contribution is 6.07. The number of ketones is 1. The van der Waals surface area contributed by atoms with Gasteiger partial charge >= 0.3 is 0 Å². The van der Waals surface area contributed by atoms with Crippen LogP contribution in [-0.2, 0) is 0 Å². The first kappa shape index (κ1) is 14.6. The minimum Gasteiger partial charge on any atom is -0.289 e. The second-order valence-corrected chi connectivity index (χ2v) is 4.51. The number of aryl methyl sites for hydroxylation is 1. The first-order valence-corrected chi connectivity index (χ1v) is 6.20. The van der Waals surface area contributed by atoms with Crippen LogP contribution >= 0.6 is 0 Å². The van der Waals surface area contributed by atoms with Gasteiger partial charge in [-0.25, -0.2) is 4.39 Å². The Balaban J connectivity index is 2.22. The van der Waals surface area contributed by atoms with Gasteiger partial charge in [0, 0.05) is 17.2 Å². The summed E-state index contributed by atoms with van der Waals surface area (Å²) in [4.78, 5) is 22.3. The van der Waals surface area contributed by atoms with Gasteiger partial charge in [-0.3, -0.25) is 14.9 Å². The van der Waals surface area contributed by atoms with E-state index < -0.39 is 4.92 Å². The Kier molecular flexibility index (Phi) is 4.23. The van der Waals surface area contributed by atoms with Gasteiger partial charge in [0.25, 0.3) is 5.69 Å². The molecule has 0 aliphatic heterocycles. The molecule has 21 heavy (non-hydrogen) atoms. The van der Waals surface area contributed by atoms with Crippen LogP contribution in [0.2, 0.25) is 0 Å². The molecule has 106 valence electrons. The van der Waals surface area contributed by atoms with E-state index in [0.717, 1.165) is 0 Å². The fraction of sp³-hybridized carbons (Fsp3) is 0.0625. The predicted molar refractivity (Wildman–Crippen MR) is 77.6 cm³/mol. The summed E-state index contributed by atoms with van der Waals surface area (Å²) < 4.78 is 12.8. The number of nitro benzene ring substituents is 1. The molecule has 0 saturated heterocycles. The monoisotopic (exact) mass is 285 g/mol. The molecule has 0 unspecified atom stereocenters. The normalized spacial score (nSPS) is 10.8. The molecule has 0 heterocycles. The predicted octanol–water partition coefficient (Wildman–Crippen LogP) is 3.94. The summed E-state index contributed by atoms with van der Waals surface area (Å²) in [6, 6.07) is 10.00. The summed E-state index contributed by atoms with van der Waals surface area (Å²) in [6.45, 7) is 1.61. The van der Waals surface area contributed by atoms with Crippen molar-refractivity contribution in [2.75, 3.05) is 0 Å². The molecule has 0 N–H and O–H groups in total. The van der Waals surface area contributed by atoms with Gasteiger partial charge in [-0.15, -0.1) is 0 Å². The lowest BCUT2D eigenvalue weighted by Gasteiger charge is -2.00. The molecule has 0 aliphatic rings. The maximum atomic E-state index is 12.8. The van der Waals surface area contributed by atoms with E-state index in [1.807, 2.05) is 0 Å². The minimum atomic E-state index is -0.518. The van der Waals surface area contributed by atoms with E-state index in [1.54, 1.807) is 13.0 Å². The van der Waals surface area contributed by atoms with Crippen LogP contribution in [0.4, 0.5) is 10.1 Å². The lowest BCUT2D eigenvalue weighted by atomic mass is 10.1. The van der Waals surface area contributed by atoms with Gasteiger partial charge in [0.15, 0.2) is 5.78 Å². The summed E-state index contributed by atoms with van der Waals surface area (Å²) in [5.74, 6) is -0.699. The fourth-order valence-electron chi connectivity index (χ4n) is 1.80. The number of halogens is 1. The zero-order chi connectivity index (χ0) is 15.4. The molecular formula is C16H12FNO3. The number of allylic oxidation sites excluding steroid dienone is 1. The number of nitrogens with zero attached hydrogens (tertiary/aromatic N) is 1. The number of carbonyl (C=O) groups is 1. The van der Waals surface area contributed by atoms with Crippen LogP contribution in [-0.4, -0.2) is 10.7 Å². The quantitative estimate of drug-likeness (QED) is 0.370. The van der Waals surface area contributed by atoms with Gasteiger partial charge in [-0.05, 0) is 30.7 Å². The Labute approximate surface area is 120 Å².